The van der Waals surface area contributed by atoms with Crippen molar-refractivity contribution in [1.29, 1.82) is 0 Å². The van der Waals surface area contributed by atoms with Gasteiger partial charge in [0.15, 0.2) is 0 Å². The van der Waals surface area contributed by atoms with E-state index in [1.54, 1.807) is 34.7 Å². The zero-order valence-electron chi connectivity index (χ0n) is 18.8. The van der Waals surface area contributed by atoms with Gasteiger partial charge in [-0.05, 0) is 31.4 Å². The number of allylic oxidation sites excluding steroid dienone is 2. The zero-order valence-corrected chi connectivity index (χ0v) is 18.8. The zero-order chi connectivity index (χ0) is 23.7. The minimum atomic E-state index is -0.509. The average molecular weight is 448 g/mol. The lowest BCUT2D eigenvalue weighted by molar-refractivity contribution is -0.124. The molecule has 1 saturated carbocycles. The summed E-state index contributed by atoms with van der Waals surface area (Å²) in [6.45, 7) is 3.67. The molecule has 5 rings (SSSR count). The van der Waals surface area contributed by atoms with Crippen molar-refractivity contribution in [3.05, 3.63) is 58.3 Å². The third-order valence-corrected chi connectivity index (χ3v) is 6.82. The lowest BCUT2D eigenvalue weighted by atomic mass is 9.82. The van der Waals surface area contributed by atoms with Crippen molar-refractivity contribution in [1.82, 2.24) is 14.5 Å². The topological polar surface area (TPSA) is 114 Å². The minimum Gasteiger partial charge on any atom is -0.465 e. The number of ether oxygens (including phenoxy) is 1. The first-order chi connectivity index (χ1) is 15.7. The second-order valence-electron chi connectivity index (χ2n) is 8.86. The Bertz CT molecular complexity index is 1310. The lowest BCUT2D eigenvalue weighted by Gasteiger charge is -2.27. The number of aromatic nitrogens is 2. The molecule has 2 atom stereocenters. The number of aromatic amines is 1. The second-order valence-corrected chi connectivity index (χ2v) is 8.86. The van der Waals surface area contributed by atoms with Gasteiger partial charge in [0.05, 0.1) is 24.1 Å². The molecule has 9 nitrogen and oxygen atoms in total. The molecule has 2 aromatic rings. The highest BCUT2D eigenvalue weighted by molar-refractivity contribution is 6.11. The number of carbonyl (C=O) groups is 4. The molecule has 9 heteroatoms. The molecule has 2 aliphatic carbocycles. The summed E-state index contributed by atoms with van der Waals surface area (Å²) in [5.74, 6) is -0.998. The first-order valence-corrected chi connectivity index (χ1v) is 10.7. The molecule has 1 spiro atoms. The van der Waals surface area contributed by atoms with Gasteiger partial charge in [0.2, 0.25) is 11.7 Å². The van der Waals surface area contributed by atoms with Crippen LogP contribution in [0.5, 0.6) is 0 Å². The summed E-state index contributed by atoms with van der Waals surface area (Å²) in [4.78, 5) is 54.5. The molecule has 2 fully saturated rings. The van der Waals surface area contributed by atoms with Crippen LogP contribution in [0.15, 0.2) is 30.1 Å². The molecule has 2 aromatic heterocycles. The van der Waals surface area contributed by atoms with Crippen LogP contribution in [0.25, 0.3) is 6.08 Å². The fraction of sp³-hybridized carbons (Fsp3) is 0.333. The molecule has 2 unspecified atom stereocenters. The number of anilines is 1. The smallest absolute Gasteiger partial charge is 0.340 e. The standard InChI is InChI=1S/C24H24N4O5/c1-12-20(23(32)33-4)21-22(25-12)17(30)8-18-24(21)9-14(24)10-28(18)19(31)6-5-16-7-15(11-27(16)3)26-13(2)29/h5-8,11,14,25H,9-10H2,1-4H3,(H,26,29)/b6-5+. The maximum absolute atomic E-state index is 13.1. The van der Waals surface area contributed by atoms with Crippen LogP contribution in [0.2, 0.25) is 0 Å². The molecule has 0 bridgehead atoms. The van der Waals surface area contributed by atoms with Crippen LogP contribution < -0.4 is 5.32 Å². The van der Waals surface area contributed by atoms with Crippen molar-refractivity contribution in [2.24, 2.45) is 13.0 Å². The number of nitrogens with zero attached hydrogens (tertiary/aromatic N) is 2. The van der Waals surface area contributed by atoms with Gasteiger partial charge in [-0.3, -0.25) is 14.4 Å². The number of piperidine rings is 1. The van der Waals surface area contributed by atoms with Crippen LogP contribution in [0.3, 0.4) is 0 Å². The van der Waals surface area contributed by atoms with E-state index in [-0.39, 0.29) is 23.5 Å². The first-order valence-electron chi connectivity index (χ1n) is 10.7. The van der Waals surface area contributed by atoms with E-state index in [0.29, 0.717) is 40.4 Å². The van der Waals surface area contributed by atoms with E-state index in [2.05, 4.69) is 10.3 Å². The molecule has 3 aliphatic rings. The highest BCUT2D eigenvalue weighted by Gasteiger charge is 2.68. The second kappa shape index (κ2) is 7.06. The number of methoxy groups -OCH3 is 1. The third-order valence-electron chi connectivity index (χ3n) is 6.82. The van der Waals surface area contributed by atoms with Gasteiger partial charge in [0.25, 0.3) is 5.91 Å². The van der Waals surface area contributed by atoms with Gasteiger partial charge in [-0.1, -0.05) is 0 Å². The average Bonchev–Trinajstić information content (AvgIpc) is 3.00. The van der Waals surface area contributed by atoms with Gasteiger partial charge in [0, 0.05) is 66.9 Å². The Balaban J connectivity index is 1.45. The Labute approximate surface area is 190 Å². The van der Waals surface area contributed by atoms with Gasteiger partial charge in [-0.15, -0.1) is 0 Å². The number of nitrogens with one attached hydrogen (secondary N) is 2. The van der Waals surface area contributed by atoms with Crippen molar-refractivity contribution in [2.45, 2.75) is 25.7 Å². The van der Waals surface area contributed by atoms with Gasteiger partial charge in [-0.25, -0.2) is 4.79 Å². The number of hydrogen-bond donors (Lipinski definition) is 2. The Morgan fingerprint density at radius 2 is 2.09 bits per heavy atom. The molecule has 1 saturated heterocycles. The van der Waals surface area contributed by atoms with E-state index in [9.17, 15) is 19.2 Å². The molecular weight excluding hydrogens is 424 g/mol. The van der Waals surface area contributed by atoms with Crippen molar-refractivity contribution < 1.29 is 23.9 Å². The molecular formula is C24H24N4O5. The van der Waals surface area contributed by atoms with E-state index in [0.717, 1.165) is 12.1 Å². The quantitative estimate of drug-likeness (QED) is 0.550. The molecule has 0 aromatic carbocycles. The lowest BCUT2D eigenvalue weighted by Crippen LogP contribution is -2.33. The van der Waals surface area contributed by atoms with Crippen molar-refractivity contribution in [3.63, 3.8) is 0 Å². The number of esters is 1. The Hall–Kier alpha value is -3.88. The summed E-state index contributed by atoms with van der Waals surface area (Å²) < 4.78 is 6.78. The highest BCUT2D eigenvalue weighted by atomic mass is 16.5. The first kappa shape index (κ1) is 21.0. The molecule has 170 valence electrons. The van der Waals surface area contributed by atoms with Crippen LogP contribution >= 0.6 is 0 Å². The number of rotatable bonds is 4. The van der Waals surface area contributed by atoms with Crippen LogP contribution in [-0.2, 0) is 26.8 Å². The summed E-state index contributed by atoms with van der Waals surface area (Å²) in [5, 5.41) is 2.72. The number of aryl methyl sites for hydroxylation is 2. The number of hydrogen-bond acceptors (Lipinski definition) is 5. The predicted molar refractivity (Wildman–Crippen MR) is 120 cm³/mol. The SMILES string of the molecule is COC(=O)c1c(C)[nH]c2c1C13CC1CN(C(=O)/C=C/c1cc(NC(C)=O)cn1C)C3=CC2=O. The summed E-state index contributed by atoms with van der Waals surface area (Å²) in [6, 6.07) is 1.77. The number of fused-ring (bicyclic) bond motifs is 1. The molecule has 3 heterocycles. The Kier molecular flexibility index (Phi) is 4.49. The minimum absolute atomic E-state index is 0.146. The normalized spacial score (nSPS) is 22.5. The van der Waals surface area contributed by atoms with Gasteiger partial charge >= 0.3 is 5.97 Å². The fourth-order valence-corrected chi connectivity index (χ4v) is 5.35. The largest absolute Gasteiger partial charge is 0.465 e. The predicted octanol–water partition coefficient (Wildman–Crippen LogP) is 2.30. The summed E-state index contributed by atoms with van der Waals surface area (Å²) in [6.07, 6.45) is 7.22. The molecule has 2 N–H and O–H groups in total. The molecule has 0 radical (unpaired) electrons. The van der Waals surface area contributed by atoms with Gasteiger partial charge in [0.1, 0.15) is 0 Å². The summed E-state index contributed by atoms with van der Waals surface area (Å²) in [7, 11) is 3.14. The number of ketones is 1. The number of amides is 2. The van der Waals surface area contributed by atoms with E-state index >= 15 is 0 Å². The van der Waals surface area contributed by atoms with Crippen molar-refractivity contribution in [3.8, 4) is 0 Å². The van der Waals surface area contributed by atoms with Crippen LogP contribution in [0, 0.1) is 12.8 Å². The number of likely N-dealkylation sites (tertiary alicyclic amines) is 1. The number of carbonyl (C=O) groups excluding carboxylic acids is 4. The third kappa shape index (κ3) is 2.99. The van der Waals surface area contributed by atoms with E-state index in [1.807, 2.05) is 7.05 Å². The summed E-state index contributed by atoms with van der Waals surface area (Å²) >= 11 is 0. The number of H-pyrrole nitrogens is 1. The Morgan fingerprint density at radius 3 is 2.79 bits per heavy atom. The van der Waals surface area contributed by atoms with E-state index in [1.165, 1.54) is 26.2 Å². The van der Waals surface area contributed by atoms with Crippen molar-refractivity contribution in [2.75, 3.05) is 19.0 Å². The van der Waals surface area contributed by atoms with Crippen LogP contribution in [0.4, 0.5) is 5.69 Å². The van der Waals surface area contributed by atoms with Gasteiger partial charge < -0.3 is 24.5 Å². The van der Waals surface area contributed by atoms with Crippen LogP contribution in [-0.4, -0.2) is 51.7 Å². The Morgan fingerprint density at radius 1 is 1.33 bits per heavy atom. The highest BCUT2D eigenvalue weighted by Crippen LogP contribution is 2.67. The van der Waals surface area contributed by atoms with E-state index in [4.69, 9.17) is 4.74 Å². The van der Waals surface area contributed by atoms with E-state index < -0.39 is 11.4 Å². The van der Waals surface area contributed by atoms with Gasteiger partial charge in [-0.2, -0.15) is 0 Å². The molecule has 33 heavy (non-hydrogen) atoms. The van der Waals surface area contributed by atoms with Crippen LogP contribution in [0.1, 0.15) is 51.1 Å². The van der Waals surface area contributed by atoms with Crippen molar-refractivity contribution >= 4 is 35.3 Å². The summed E-state index contributed by atoms with van der Waals surface area (Å²) in [5.41, 5.74) is 3.60. The maximum atomic E-state index is 13.1. The monoisotopic (exact) mass is 448 g/mol. The fourth-order valence-electron chi connectivity index (χ4n) is 5.35. The molecule has 1 aliphatic heterocycles. The maximum Gasteiger partial charge on any atom is 0.340 e. The molecule has 2 amide bonds.